The summed E-state index contributed by atoms with van der Waals surface area (Å²) < 4.78 is 0. The van der Waals surface area contributed by atoms with Crippen LogP contribution in [0.3, 0.4) is 0 Å². The maximum Gasteiger partial charge on any atom is 0.120 e. The van der Waals surface area contributed by atoms with E-state index in [9.17, 15) is 4.79 Å². The minimum absolute atomic E-state index is 0.387. The van der Waals surface area contributed by atoms with E-state index >= 15 is 0 Å². The van der Waals surface area contributed by atoms with E-state index in [2.05, 4.69) is 65.6 Å². The third-order valence-electron chi connectivity index (χ3n) is 6.00. The van der Waals surface area contributed by atoms with E-state index in [1.165, 1.54) is 30.6 Å². The molecule has 1 saturated heterocycles. The lowest BCUT2D eigenvalue weighted by Crippen LogP contribution is -2.33. The molecule has 0 bridgehead atoms. The number of rotatable bonds is 6. The Kier molecular flexibility index (Phi) is 4.48. The molecule has 1 aliphatic heterocycles. The van der Waals surface area contributed by atoms with Gasteiger partial charge in [-0.05, 0) is 41.7 Å². The van der Waals surface area contributed by atoms with Gasteiger partial charge in [0.05, 0.1) is 0 Å². The van der Waals surface area contributed by atoms with Crippen LogP contribution in [0.2, 0.25) is 0 Å². The molecule has 0 radical (unpaired) electrons. The fourth-order valence-corrected chi connectivity index (χ4v) is 4.74. The molecule has 4 unspecified atom stereocenters. The summed E-state index contributed by atoms with van der Waals surface area (Å²) in [4.78, 5) is 13.6. The quantitative estimate of drug-likeness (QED) is 0.734. The van der Waals surface area contributed by atoms with Crippen molar-refractivity contribution in [1.82, 2.24) is 4.90 Å². The summed E-state index contributed by atoms with van der Waals surface area (Å²) in [6, 6.07) is 22.1. The molecule has 0 N–H and O–H groups in total. The molecule has 0 aromatic heterocycles. The SMILES string of the molecule is O=CCCC(c1ccccc1)N1CC2CC(c3ccccc3)C2C1. The molecule has 124 valence electrons. The van der Waals surface area contributed by atoms with Crippen molar-refractivity contribution in [1.29, 1.82) is 0 Å². The van der Waals surface area contributed by atoms with Gasteiger partial charge in [0.2, 0.25) is 0 Å². The van der Waals surface area contributed by atoms with Gasteiger partial charge in [-0.25, -0.2) is 0 Å². The number of carbonyl (C=O) groups excluding carboxylic acids is 1. The van der Waals surface area contributed by atoms with Crippen LogP contribution in [-0.2, 0) is 4.79 Å². The number of nitrogens with zero attached hydrogens (tertiary/aromatic N) is 1. The highest BCUT2D eigenvalue weighted by atomic mass is 16.1. The largest absolute Gasteiger partial charge is 0.303 e. The van der Waals surface area contributed by atoms with Crippen LogP contribution in [0, 0.1) is 11.8 Å². The second-order valence-electron chi connectivity index (χ2n) is 7.30. The second kappa shape index (κ2) is 6.90. The summed E-state index contributed by atoms with van der Waals surface area (Å²) in [5.74, 6) is 2.34. The van der Waals surface area contributed by atoms with Crippen LogP contribution in [0.1, 0.15) is 42.3 Å². The number of hydrogen-bond acceptors (Lipinski definition) is 2. The second-order valence-corrected chi connectivity index (χ2v) is 7.30. The smallest absolute Gasteiger partial charge is 0.120 e. The van der Waals surface area contributed by atoms with Crippen molar-refractivity contribution in [3.63, 3.8) is 0 Å². The van der Waals surface area contributed by atoms with E-state index in [0.29, 0.717) is 12.5 Å². The van der Waals surface area contributed by atoms with Crippen molar-refractivity contribution in [2.24, 2.45) is 11.8 Å². The topological polar surface area (TPSA) is 20.3 Å². The van der Waals surface area contributed by atoms with Crippen LogP contribution in [0.4, 0.5) is 0 Å². The first kappa shape index (κ1) is 15.6. The Morgan fingerprint density at radius 2 is 1.71 bits per heavy atom. The van der Waals surface area contributed by atoms with Gasteiger partial charge in [-0.15, -0.1) is 0 Å². The van der Waals surface area contributed by atoms with E-state index in [1.807, 2.05) is 0 Å². The summed E-state index contributed by atoms with van der Waals surface area (Å²) in [6.45, 7) is 2.36. The molecule has 4 atom stereocenters. The van der Waals surface area contributed by atoms with Crippen molar-refractivity contribution < 1.29 is 4.79 Å². The van der Waals surface area contributed by atoms with Gasteiger partial charge in [-0.3, -0.25) is 4.90 Å². The van der Waals surface area contributed by atoms with Crippen LogP contribution in [0.5, 0.6) is 0 Å². The summed E-state index contributed by atoms with van der Waals surface area (Å²) in [6.07, 6.45) is 3.96. The minimum atomic E-state index is 0.387. The molecule has 2 nitrogen and oxygen atoms in total. The highest BCUT2D eigenvalue weighted by Crippen LogP contribution is 2.52. The Balaban J connectivity index is 1.49. The molecule has 1 aliphatic carbocycles. The lowest BCUT2D eigenvalue weighted by Gasteiger charge is -2.40. The first-order chi connectivity index (χ1) is 11.9. The summed E-state index contributed by atoms with van der Waals surface area (Å²) in [5.41, 5.74) is 2.86. The molecular weight excluding hydrogens is 294 g/mol. The van der Waals surface area contributed by atoms with Gasteiger partial charge in [-0.2, -0.15) is 0 Å². The Bertz CT molecular complexity index is 669. The molecule has 1 saturated carbocycles. The summed E-state index contributed by atoms with van der Waals surface area (Å²) in [5, 5.41) is 0. The average molecular weight is 319 g/mol. The number of benzene rings is 2. The average Bonchev–Trinajstić information content (AvgIpc) is 2.94. The first-order valence-corrected chi connectivity index (χ1v) is 9.14. The molecular formula is C22H25NO. The number of hydrogen-bond donors (Lipinski definition) is 0. The van der Waals surface area contributed by atoms with Crippen LogP contribution in [-0.4, -0.2) is 24.3 Å². The van der Waals surface area contributed by atoms with E-state index < -0.39 is 0 Å². The molecule has 4 rings (SSSR count). The number of fused-ring (bicyclic) bond motifs is 1. The Morgan fingerprint density at radius 1 is 1.00 bits per heavy atom. The Hall–Kier alpha value is -1.93. The first-order valence-electron chi connectivity index (χ1n) is 9.14. The molecule has 2 fully saturated rings. The fourth-order valence-electron chi connectivity index (χ4n) is 4.74. The van der Waals surface area contributed by atoms with E-state index in [-0.39, 0.29) is 0 Å². The van der Waals surface area contributed by atoms with E-state index in [4.69, 9.17) is 0 Å². The lowest BCUT2D eigenvalue weighted by atomic mass is 9.64. The van der Waals surface area contributed by atoms with Crippen molar-refractivity contribution in [2.45, 2.75) is 31.2 Å². The number of likely N-dealkylation sites (tertiary alicyclic amines) is 1. The predicted octanol–water partition coefficient (Wildman–Crippen LogP) is 4.44. The molecule has 0 amide bonds. The van der Waals surface area contributed by atoms with Crippen LogP contribution >= 0.6 is 0 Å². The Morgan fingerprint density at radius 3 is 2.42 bits per heavy atom. The van der Waals surface area contributed by atoms with Gasteiger partial charge in [0.25, 0.3) is 0 Å². The molecule has 24 heavy (non-hydrogen) atoms. The van der Waals surface area contributed by atoms with E-state index in [0.717, 1.165) is 30.5 Å². The summed E-state index contributed by atoms with van der Waals surface area (Å²) in [7, 11) is 0. The van der Waals surface area contributed by atoms with Crippen molar-refractivity contribution in [3.8, 4) is 0 Å². The van der Waals surface area contributed by atoms with Gasteiger partial charge >= 0.3 is 0 Å². The van der Waals surface area contributed by atoms with Gasteiger partial charge in [0, 0.05) is 25.6 Å². The molecule has 2 aromatic rings. The zero-order valence-electron chi connectivity index (χ0n) is 14.1. The van der Waals surface area contributed by atoms with Gasteiger partial charge in [0.15, 0.2) is 0 Å². The predicted molar refractivity (Wildman–Crippen MR) is 96.8 cm³/mol. The normalized spacial score (nSPS) is 27.2. The van der Waals surface area contributed by atoms with Gasteiger partial charge in [0.1, 0.15) is 6.29 Å². The highest BCUT2D eigenvalue weighted by molar-refractivity contribution is 5.49. The standard InChI is InChI=1S/C22H25NO/c24-13-7-12-22(18-10-5-2-6-11-18)23-15-19-14-20(21(19)16-23)17-8-3-1-4-9-17/h1-6,8-11,13,19-22H,7,12,14-16H2. The molecule has 1 heterocycles. The third kappa shape index (κ3) is 2.91. The molecule has 2 aliphatic rings. The third-order valence-corrected chi connectivity index (χ3v) is 6.00. The minimum Gasteiger partial charge on any atom is -0.303 e. The monoisotopic (exact) mass is 319 g/mol. The van der Waals surface area contributed by atoms with Gasteiger partial charge in [-0.1, -0.05) is 60.7 Å². The number of aldehydes is 1. The summed E-state index contributed by atoms with van der Waals surface area (Å²) >= 11 is 0. The zero-order valence-corrected chi connectivity index (χ0v) is 14.1. The zero-order chi connectivity index (χ0) is 16.4. The van der Waals surface area contributed by atoms with Crippen LogP contribution in [0.15, 0.2) is 60.7 Å². The molecule has 2 aromatic carbocycles. The maximum absolute atomic E-state index is 10.9. The fraction of sp³-hybridized carbons (Fsp3) is 0.409. The van der Waals surface area contributed by atoms with Crippen molar-refractivity contribution in [3.05, 3.63) is 71.8 Å². The van der Waals surface area contributed by atoms with Crippen molar-refractivity contribution >= 4 is 6.29 Å². The number of carbonyl (C=O) groups is 1. The Labute approximate surface area is 144 Å². The van der Waals surface area contributed by atoms with Gasteiger partial charge < -0.3 is 4.79 Å². The lowest BCUT2D eigenvalue weighted by molar-refractivity contribution is -0.108. The van der Waals surface area contributed by atoms with E-state index in [1.54, 1.807) is 0 Å². The van der Waals surface area contributed by atoms with Crippen molar-refractivity contribution in [2.75, 3.05) is 13.1 Å². The maximum atomic E-state index is 10.9. The molecule has 0 spiro atoms. The van der Waals surface area contributed by atoms with Crippen LogP contribution < -0.4 is 0 Å². The van der Waals surface area contributed by atoms with Crippen LogP contribution in [0.25, 0.3) is 0 Å². The molecule has 2 heteroatoms. The highest BCUT2D eigenvalue weighted by Gasteiger charge is 2.48.